The van der Waals surface area contributed by atoms with Gasteiger partial charge in [0.05, 0.1) is 5.54 Å². The van der Waals surface area contributed by atoms with Gasteiger partial charge in [0.1, 0.15) is 10.7 Å². The lowest BCUT2D eigenvalue weighted by atomic mass is 9.51. The Labute approximate surface area is 238 Å². The fourth-order valence-corrected chi connectivity index (χ4v) is 12.3. The molecule has 8 aliphatic carbocycles. The largest absolute Gasteiger partial charge is 0.298 e. The summed E-state index contributed by atoms with van der Waals surface area (Å²) in [6, 6.07) is 3.72. The lowest BCUT2D eigenvalue weighted by molar-refractivity contribution is -0.128. The molecule has 0 spiro atoms. The SMILES string of the molecule is CC(C)(NS(=O)(=O)c1ccc(C(=O)CC2C3CC4CC(C3)CC2C4)cc1F)C(=O)CC1C2CC3CC(C2)CC1C3. The molecule has 8 aliphatic rings. The Morgan fingerprint density at radius 1 is 0.775 bits per heavy atom. The van der Waals surface area contributed by atoms with Gasteiger partial charge in [0.15, 0.2) is 11.6 Å². The van der Waals surface area contributed by atoms with Gasteiger partial charge in [-0.3, -0.25) is 9.59 Å². The molecule has 9 rings (SSSR count). The molecule has 0 radical (unpaired) electrons. The minimum atomic E-state index is -4.30. The van der Waals surface area contributed by atoms with Crippen LogP contribution < -0.4 is 4.72 Å². The second kappa shape index (κ2) is 9.72. The van der Waals surface area contributed by atoms with Crippen LogP contribution in [0.5, 0.6) is 0 Å². The van der Waals surface area contributed by atoms with E-state index in [9.17, 15) is 18.0 Å². The molecule has 0 heterocycles. The summed E-state index contributed by atoms with van der Waals surface area (Å²) >= 11 is 0. The summed E-state index contributed by atoms with van der Waals surface area (Å²) in [6.45, 7) is 3.17. The highest BCUT2D eigenvalue weighted by molar-refractivity contribution is 7.89. The number of rotatable bonds is 9. The molecule has 7 heteroatoms. The first kappa shape index (κ1) is 27.2. The van der Waals surface area contributed by atoms with E-state index in [1.54, 1.807) is 13.8 Å². The number of halogens is 1. The molecule has 0 atom stereocenters. The van der Waals surface area contributed by atoms with Crippen molar-refractivity contribution in [1.82, 2.24) is 4.72 Å². The maximum atomic E-state index is 15.3. The fourth-order valence-electron chi connectivity index (χ4n) is 10.9. The molecule has 218 valence electrons. The van der Waals surface area contributed by atoms with Crippen molar-refractivity contribution in [1.29, 1.82) is 0 Å². The number of ketones is 2. The van der Waals surface area contributed by atoms with Gasteiger partial charge in [0.25, 0.3) is 0 Å². The Morgan fingerprint density at radius 3 is 1.68 bits per heavy atom. The van der Waals surface area contributed by atoms with Crippen LogP contribution in [0.15, 0.2) is 23.1 Å². The first-order valence-corrected chi connectivity index (χ1v) is 17.3. The zero-order chi connectivity index (χ0) is 28.0. The third kappa shape index (κ3) is 4.81. The maximum Gasteiger partial charge on any atom is 0.244 e. The fraction of sp³-hybridized carbons (Fsp3) is 0.758. The molecule has 8 saturated carbocycles. The van der Waals surface area contributed by atoms with E-state index in [0.29, 0.717) is 48.3 Å². The summed E-state index contributed by atoms with van der Waals surface area (Å²) in [5, 5.41) is 0. The van der Waals surface area contributed by atoms with Crippen LogP contribution in [-0.2, 0) is 14.8 Å². The molecule has 0 saturated heterocycles. The van der Waals surface area contributed by atoms with Crippen LogP contribution in [0, 0.1) is 65.0 Å². The quantitative estimate of drug-likeness (QED) is 0.342. The van der Waals surface area contributed by atoms with Gasteiger partial charge in [-0.1, -0.05) is 0 Å². The highest BCUT2D eigenvalue weighted by atomic mass is 32.2. The summed E-state index contributed by atoms with van der Waals surface area (Å²) < 4.78 is 44.3. The molecule has 8 fully saturated rings. The monoisotopic (exact) mass is 569 g/mol. The number of hydrogen-bond acceptors (Lipinski definition) is 4. The van der Waals surface area contributed by atoms with E-state index in [0.717, 1.165) is 29.7 Å². The molecular weight excluding hydrogens is 525 g/mol. The Kier molecular flexibility index (Phi) is 6.62. The summed E-state index contributed by atoms with van der Waals surface area (Å²) in [4.78, 5) is 26.1. The highest BCUT2D eigenvalue weighted by Crippen LogP contribution is 2.58. The predicted octanol–water partition coefficient (Wildman–Crippen LogP) is 6.56. The van der Waals surface area contributed by atoms with E-state index in [-0.39, 0.29) is 17.1 Å². The maximum absolute atomic E-state index is 15.3. The first-order chi connectivity index (χ1) is 18.9. The normalized spacial score (nSPS) is 39.6. The number of carbonyl (C=O) groups is 2. The van der Waals surface area contributed by atoms with Crippen LogP contribution in [0.4, 0.5) is 4.39 Å². The first-order valence-electron chi connectivity index (χ1n) is 15.8. The van der Waals surface area contributed by atoms with Gasteiger partial charge < -0.3 is 0 Å². The third-order valence-corrected chi connectivity index (χ3v) is 14.0. The van der Waals surface area contributed by atoms with Crippen molar-refractivity contribution in [2.75, 3.05) is 0 Å². The van der Waals surface area contributed by atoms with E-state index in [2.05, 4.69) is 4.72 Å². The van der Waals surface area contributed by atoms with E-state index in [4.69, 9.17) is 0 Å². The molecule has 0 aromatic heterocycles. The highest BCUT2D eigenvalue weighted by Gasteiger charge is 2.50. The Balaban J connectivity index is 1.01. The molecule has 1 N–H and O–H groups in total. The Hall–Kier alpha value is -1.60. The van der Waals surface area contributed by atoms with Crippen molar-refractivity contribution in [3.8, 4) is 0 Å². The molecule has 8 bridgehead atoms. The van der Waals surface area contributed by atoms with Crippen LogP contribution in [0.2, 0.25) is 0 Å². The van der Waals surface area contributed by atoms with Gasteiger partial charge in [-0.05, 0) is 155 Å². The van der Waals surface area contributed by atoms with Crippen molar-refractivity contribution in [3.05, 3.63) is 29.6 Å². The van der Waals surface area contributed by atoms with E-state index < -0.39 is 26.3 Å². The zero-order valence-electron chi connectivity index (χ0n) is 23.9. The van der Waals surface area contributed by atoms with Crippen LogP contribution in [0.25, 0.3) is 0 Å². The topological polar surface area (TPSA) is 80.3 Å². The summed E-state index contributed by atoms with van der Waals surface area (Å²) in [6.07, 6.45) is 13.2. The Morgan fingerprint density at radius 2 is 1.23 bits per heavy atom. The average molecular weight is 570 g/mol. The van der Waals surface area contributed by atoms with Gasteiger partial charge >= 0.3 is 0 Å². The van der Waals surface area contributed by atoms with Gasteiger partial charge in [-0.15, -0.1) is 0 Å². The lowest BCUT2D eigenvalue weighted by Gasteiger charge is -2.54. The van der Waals surface area contributed by atoms with Gasteiger partial charge in [-0.2, -0.15) is 4.72 Å². The van der Waals surface area contributed by atoms with Crippen molar-refractivity contribution in [2.24, 2.45) is 59.2 Å². The van der Waals surface area contributed by atoms with Crippen LogP contribution >= 0.6 is 0 Å². The smallest absolute Gasteiger partial charge is 0.244 e. The van der Waals surface area contributed by atoms with Crippen molar-refractivity contribution in [3.63, 3.8) is 0 Å². The second-order valence-electron chi connectivity index (χ2n) is 15.3. The number of Topliss-reactive ketones (excluding diaryl/α,β-unsaturated/α-hetero) is 2. The molecule has 0 unspecified atom stereocenters. The number of sulfonamides is 1. The van der Waals surface area contributed by atoms with Gasteiger partial charge in [0.2, 0.25) is 10.0 Å². The molecule has 1 aromatic rings. The molecule has 40 heavy (non-hydrogen) atoms. The molecule has 0 aliphatic heterocycles. The lowest BCUT2D eigenvalue weighted by Crippen LogP contribution is -2.52. The Bertz CT molecular complexity index is 1260. The van der Waals surface area contributed by atoms with Crippen molar-refractivity contribution in [2.45, 2.75) is 101 Å². The molecular formula is C33H44FNO4S. The standard InChI is InChI=1S/C33H44FNO4S/c1-33(2,32(37)17-28-25-11-20-6-21(13-25)14-26(28)12-20)35-40(38,39)31-4-3-22(15-29(31)34)30(36)16-27-23-7-18-5-19(9-23)10-24(27)8-18/h3-4,15,18-21,23-28,35H,5-14,16-17H2,1-2H3. The third-order valence-electron chi connectivity index (χ3n) is 12.3. The van der Waals surface area contributed by atoms with Gasteiger partial charge in [-0.25, -0.2) is 12.8 Å². The molecule has 0 amide bonds. The minimum Gasteiger partial charge on any atom is -0.298 e. The number of carbonyl (C=O) groups excluding carboxylic acids is 2. The summed E-state index contributed by atoms with van der Waals surface area (Å²) in [5.74, 6) is 5.18. The summed E-state index contributed by atoms with van der Waals surface area (Å²) in [5.41, 5.74) is -1.10. The summed E-state index contributed by atoms with van der Waals surface area (Å²) in [7, 11) is -4.30. The minimum absolute atomic E-state index is 0.0977. The second-order valence-corrected chi connectivity index (χ2v) is 17.0. The van der Waals surface area contributed by atoms with Crippen LogP contribution in [-0.4, -0.2) is 25.5 Å². The van der Waals surface area contributed by atoms with Gasteiger partial charge in [0, 0.05) is 18.4 Å². The van der Waals surface area contributed by atoms with Crippen LogP contribution in [0.1, 0.15) is 101 Å². The van der Waals surface area contributed by atoms with E-state index in [1.165, 1.54) is 76.3 Å². The van der Waals surface area contributed by atoms with Crippen molar-refractivity contribution < 1.29 is 22.4 Å². The van der Waals surface area contributed by atoms with E-state index >= 15 is 4.39 Å². The number of benzene rings is 1. The number of nitrogens with one attached hydrogen (secondary N) is 1. The van der Waals surface area contributed by atoms with Crippen LogP contribution in [0.3, 0.4) is 0 Å². The van der Waals surface area contributed by atoms with Crippen molar-refractivity contribution >= 4 is 21.6 Å². The predicted molar refractivity (Wildman–Crippen MR) is 150 cm³/mol. The number of hydrogen-bond donors (Lipinski definition) is 1. The average Bonchev–Trinajstić information content (AvgIpc) is 2.86. The molecule has 1 aromatic carbocycles. The van der Waals surface area contributed by atoms with E-state index in [1.807, 2.05) is 0 Å². The zero-order valence-corrected chi connectivity index (χ0v) is 24.7. The molecule has 5 nitrogen and oxygen atoms in total.